The molecule has 0 atom stereocenters. The van der Waals surface area contributed by atoms with Gasteiger partial charge in [-0.05, 0) is 36.2 Å². The first-order valence-electron chi connectivity index (χ1n) is 5.82. The highest BCUT2D eigenvalue weighted by atomic mass is 35.5. The predicted octanol–water partition coefficient (Wildman–Crippen LogP) is 4.26. The number of hydrogen-bond acceptors (Lipinski definition) is 3. The number of thiophene rings is 1. The topological polar surface area (TPSA) is 35.8 Å². The highest BCUT2D eigenvalue weighted by Gasteiger charge is 2.02. The summed E-state index contributed by atoms with van der Waals surface area (Å²) in [6, 6.07) is 11.4. The largest absolute Gasteiger partial charge is 0.312 e. The van der Waals surface area contributed by atoms with Crippen LogP contribution in [0, 0.1) is 11.3 Å². The fourth-order valence-electron chi connectivity index (χ4n) is 1.68. The van der Waals surface area contributed by atoms with Crippen LogP contribution in [0.3, 0.4) is 0 Å². The molecule has 1 aromatic heterocycles. The number of nitriles is 1. The van der Waals surface area contributed by atoms with E-state index in [1.807, 2.05) is 18.2 Å². The maximum atomic E-state index is 8.76. The zero-order valence-corrected chi connectivity index (χ0v) is 12.4. The molecule has 0 saturated carbocycles. The van der Waals surface area contributed by atoms with Crippen molar-refractivity contribution in [3.8, 4) is 6.07 Å². The molecule has 1 N–H and O–H groups in total. The van der Waals surface area contributed by atoms with Gasteiger partial charge in [-0.1, -0.05) is 29.3 Å². The molecule has 1 heterocycles. The van der Waals surface area contributed by atoms with Crippen LogP contribution in [0.1, 0.15) is 16.0 Å². The lowest BCUT2D eigenvalue weighted by Gasteiger charge is -2.06. The van der Waals surface area contributed by atoms with Crippen LogP contribution in [-0.2, 0) is 13.0 Å². The van der Waals surface area contributed by atoms with Crippen molar-refractivity contribution in [3.05, 3.63) is 55.7 Å². The lowest BCUT2D eigenvalue weighted by molar-refractivity contribution is 0.691. The maximum absolute atomic E-state index is 8.76. The van der Waals surface area contributed by atoms with Gasteiger partial charge in [0.1, 0.15) is 0 Å². The predicted molar refractivity (Wildman–Crippen MR) is 80.9 cm³/mol. The number of nitrogens with one attached hydrogen (secondary N) is 1. The monoisotopic (exact) mass is 310 g/mol. The molecule has 0 amide bonds. The summed E-state index contributed by atoms with van der Waals surface area (Å²) in [4.78, 5) is 1.27. The van der Waals surface area contributed by atoms with E-state index in [0.717, 1.165) is 22.9 Å². The molecule has 2 rings (SSSR count). The van der Waals surface area contributed by atoms with Crippen molar-refractivity contribution in [2.24, 2.45) is 0 Å². The Morgan fingerprint density at radius 1 is 1.21 bits per heavy atom. The summed E-state index contributed by atoms with van der Waals surface area (Å²) in [5, 5.41) is 12.7. The van der Waals surface area contributed by atoms with Gasteiger partial charge in [-0.25, -0.2) is 0 Å². The minimum atomic E-state index is 0.585. The molecule has 5 heteroatoms. The first-order valence-corrected chi connectivity index (χ1v) is 7.40. The third kappa shape index (κ3) is 4.22. The van der Waals surface area contributed by atoms with Crippen LogP contribution in [0.2, 0.25) is 9.36 Å². The second-order valence-electron chi connectivity index (χ2n) is 4.05. The molecule has 0 aliphatic heterocycles. The molecule has 0 fully saturated rings. The van der Waals surface area contributed by atoms with Crippen molar-refractivity contribution >= 4 is 34.5 Å². The quantitative estimate of drug-likeness (QED) is 0.838. The number of rotatable bonds is 5. The van der Waals surface area contributed by atoms with Crippen molar-refractivity contribution in [2.45, 2.75) is 13.0 Å². The summed E-state index contributed by atoms with van der Waals surface area (Å²) in [5.41, 5.74) is 1.59. The molecule has 0 unspecified atom stereocenters. The van der Waals surface area contributed by atoms with Crippen LogP contribution in [0.25, 0.3) is 0 Å². The molecule has 19 heavy (non-hydrogen) atoms. The van der Waals surface area contributed by atoms with Gasteiger partial charge in [0, 0.05) is 23.0 Å². The van der Waals surface area contributed by atoms with Crippen LogP contribution in [0.15, 0.2) is 30.3 Å². The highest BCUT2D eigenvalue weighted by Crippen LogP contribution is 2.21. The molecule has 0 saturated heterocycles. The molecular formula is C14H12Cl2N2S. The number of halogens is 2. The van der Waals surface area contributed by atoms with Crippen molar-refractivity contribution in [1.82, 2.24) is 5.32 Å². The second-order valence-corrected chi connectivity index (χ2v) is 6.26. The molecule has 2 nitrogen and oxygen atoms in total. The molecule has 2 aromatic rings. The summed E-state index contributed by atoms with van der Waals surface area (Å²) in [6.07, 6.45) is 0.950. The van der Waals surface area contributed by atoms with Crippen LogP contribution in [0.4, 0.5) is 0 Å². The van der Waals surface area contributed by atoms with Crippen LogP contribution in [-0.4, -0.2) is 6.54 Å². The molecule has 0 radical (unpaired) electrons. The molecule has 0 aliphatic carbocycles. The van der Waals surface area contributed by atoms with Gasteiger partial charge in [-0.3, -0.25) is 0 Å². The van der Waals surface area contributed by atoms with E-state index in [2.05, 4.69) is 11.4 Å². The Morgan fingerprint density at radius 3 is 2.68 bits per heavy atom. The lowest BCUT2D eigenvalue weighted by Crippen LogP contribution is -2.16. The van der Waals surface area contributed by atoms with Crippen molar-refractivity contribution in [3.63, 3.8) is 0 Å². The minimum absolute atomic E-state index is 0.585. The molecule has 98 valence electrons. The number of hydrogen-bond donors (Lipinski definition) is 1. The second kappa shape index (κ2) is 6.93. The van der Waals surface area contributed by atoms with Gasteiger partial charge in [0.25, 0.3) is 0 Å². The SMILES string of the molecule is N#Cc1ccc(CNCCc2ccc(Cl)s2)c(Cl)c1. The van der Waals surface area contributed by atoms with E-state index >= 15 is 0 Å². The number of nitrogens with zero attached hydrogens (tertiary/aromatic N) is 1. The summed E-state index contributed by atoms with van der Waals surface area (Å²) < 4.78 is 0.824. The first kappa shape index (κ1) is 14.4. The molecule has 1 aromatic carbocycles. The fourth-order valence-corrected chi connectivity index (χ4v) is 3.02. The van der Waals surface area contributed by atoms with Crippen molar-refractivity contribution in [1.29, 1.82) is 5.26 Å². The zero-order chi connectivity index (χ0) is 13.7. The van der Waals surface area contributed by atoms with Crippen molar-refractivity contribution < 1.29 is 0 Å². The smallest absolute Gasteiger partial charge is 0.0992 e. The third-order valence-electron chi connectivity index (χ3n) is 2.67. The zero-order valence-electron chi connectivity index (χ0n) is 10.1. The summed E-state index contributed by atoms with van der Waals surface area (Å²) in [5.74, 6) is 0. The van der Waals surface area contributed by atoms with Crippen LogP contribution >= 0.6 is 34.5 Å². The van der Waals surface area contributed by atoms with E-state index in [0.29, 0.717) is 17.1 Å². The maximum Gasteiger partial charge on any atom is 0.0992 e. The molecule has 0 bridgehead atoms. The van der Waals surface area contributed by atoms with E-state index in [1.165, 1.54) is 4.88 Å². The van der Waals surface area contributed by atoms with Crippen LogP contribution in [0.5, 0.6) is 0 Å². The molecule has 0 aliphatic rings. The van der Waals surface area contributed by atoms with E-state index < -0.39 is 0 Å². The van der Waals surface area contributed by atoms with Gasteiger partial charge in [0.05, 0.1) is 16.0 Å². The van der Waals surface area contributed by atoms with E-state index in [9.17, 15) is 0 Å². The molecular weight excluding hydrogens is 299 g/mol. The fraction of sp³-hybridized carbons (Fsp3) is 0.214. The van der Waals surface area contributed by atoms with Crippen LogP contribution < -0.4 is 5.32 Å². The normalized spacial score (nSPS) is 10.4. The molecule has 0 spiro atoms. The van der Waals surface area contributed by atoms with Gasteiger partial charge in [0.2, 0.25) is 0 Å². The Morgan fingerprint density at radius 2 is 2.05 bits per heavy atom. The average Bonchev–Trinajstić information content (AvgIpc) is 2.82. The van der Waals surface area contributed by atoms with Gasteiger partial charge in [-0.15, -0.1) is 11.3 Å². The van der Waals surface area contributed by atoms with Crippen molar-refractivity contribution in [2.75, 3.05) is 6.54 Å². The van der Waals surface area contributed by atoms with E-state index in [1.54, 1.807) is 23.5 Å². The van der Waals surface area contributed by atoms with E-state index in [-0.39, 0.29) is 0 Å². The highest BCUT2D eigenvalue weighted by molar-refractivity contribution is 7.16. The van der Waals surface area contributed by atoms with E-state index in [4.69, 9.17) is 28.5 Å². The van der Waals surface area contributed by atoms with Gasteiger partial charge < -0.3 is 5.32 Å². The Kier molecular flexibility index (Phi) is 5.24. The summed E-state index contributed by atoms with van der Waals surface area (Å²) in [7, 11) is 0. The minimum Gasteiger partial charge on any atom is -0.312 e. The Bertz CT molecular complexity index is 602. The first-order chi connectivity index (χ1) is 9.19. The Balaban J connectivity index is 1.81. The Labute approximate surface area is 126 Å². The van der Waals surface area contributed by atoms with Gasteiger partial charge in [0.15, 0.2) is 0 Å². The third-order valence-corrected chi connectivity index (χ3v) is 4.32. The van der Waals surface area contributed by atoms with Gasteiger partial charge in [-0.2, -0.15) is 5.26 Å². The summed E-state index contributed by atoms with van der Waals surface area (Å²) >= 11 is 13.6. The van der Waals surface area contributed by atoms with Gasteiger partial charge >= 0.3 is 0 Å². The average molecular weight is 311 g/mol. The Hall–Kier alpha value is -1.05. The summed E-state index contributed by atoms with van der Waals surface area (Å²) in [6.45, 7) is 1.57. The standard InChI is InChI=1S/C14H12Cl2N2S/c15-13-7-10(8-17)1-2-11(13)9-18-6-5-12-3-4-14(16)19-12/h1-4,7,18H,5-6,9H2. The lowest BCUT2D eigenvalue weighted by atomic mass is 10.1. The number of benzene rings is 1.